The average Bonchev–Trinajstić information content (AvgIpc) is 2.94. The van der Waals surface area contributed by atoms with Crippen LogP contribution in [0.1, 0.15) is 24.6 Å². The zero-order valence-corrected chi connectivity index (χ0v) is 14.9. The van der Waals surface area contributed by atoms with Gasteiger partial charge in [0.25, 0.3) is 0 Å². The molecule has 1 aliphatic heterocycles. The van der Waals surface area contributed by atoms with Crippen molar-refractivity contribution < 1.29 is 4.79 Å². The molecule has 3 rings (SSSR count). The fourth-order valence-corrected chi connectivity index (χ4v) is 3.21. The molecule has 2 aromatic rings. The maximum absolute atomic E-state index is 12.2. The first-order valence-electron chi connectivity index (χ1n) is 7.61. The number of benzene rings is 1. The van der Waals surface area contributed by atoms with Crippen molar-refractivity contribution in [3.8, 4) is 17.3 Å². The molecule has 7 nitrogen and oxygen atoms in total. The number of hydrogen-bond donors (Lipinski definition) is 1. The number of rotatable bonds is 2. The lowest BCUT2D eigenvalue weighted by Crippen LogP contribution is -2.48. The van der Waals surface area contributed by atoms with Gasteiger partial charge in [0.2, 0.25) is 5.91 Å². The van der Waals surface area contributed by atoms with Gasteiger partial charge in [0, 0.05) is 24.7 Å². The van der Waals surface area contributed by atoms with Crippen molar-refractivity contribution in [1.82, 2.24) is 14.7 Å². The number of hydrogen-bond acceptors (Lipinski definition) is 5. The summed E-state index contributed by atoms with van der Waals surface area (Å²) in [5, 5.41) is 14.1. The molecule has 0 saturated carbocycles. The summed E-state index contributed by atoms with van der Waals surface area (Å²) in [4.78, 5) is 18.0. The lowest BCUT2D eigenvalue weighted by Gasteiger charge is -2.33. The van der Waals surface area contributed by atoms with Crippen LogP contribution in [0.25, 0.3) is 11.3 Å². The van der Waals surface area contributed by atoms with Crippen LogP contribution in [-0.4, -0.2) is 33.6 Å². The van der Waals surface area contributed by atoms with Gasteiger partial charge in [-0.1, -0.05) is 11.6 Å². The quantitative estimate of drug-likeness (QED) is 0.889. The summed E-state index contributed by atoms with van der Waals surface area (Å²) >= 11 is 6.08. The molecule has 1 aromatic heterocycles. The van der Waals surface area contributed by atoms with Crippen LogP contribution in [0, 0.1) is 11.3 Å². The van der Waals surface area contributed by atoms with Crippen molar-refractivity contribution in [2.45, 2.75) is 18.9 Å². The van der Waals surface area contributed by atoms with Gasteiger partial charge in [-0.25, -0.2) is 4.99 Å². The third-order valence-electron chi connectivity index (χ3n) is 4.33. The van der Waals surface area contributed by atoms with E-state index in [9.17, 15) is 4.79 Å². The van der Waals surface area contributed by atoms with E-state index in [1.807, 2.05) is 13.0 Å². The molecule has 1 amide bonds. The summed E-state index contributed by atoms with van der Waals surface area (Å²) in [6, 6.07) is 8.99. The minimum Gasteiger partial charge on any atom is -0.369 e. The van der Waals surface area contributed by atoms with Gasteiger partial charge >= 0.3 is 0 Å². The second-order valence-electron chi connectivity index (χ2n) is 6.25. The number of nitrogens with two attached hydrogens (primary N) is 1. The molecule has 1 aromatic carbocycles. The van der Waals surface area contributed by atoms with Gasteiger partial charge in [0.05, 0.1) is 29.4 Å². The Balaban J connectivity index is 2.09. The summed E-state index contributed by atoms with van der Waals surface area (Å²) in [7, 11) is 3.39. The van der Waals surface area contributed by atoms with Crippen LogP contribution in [0.5, 0.6) is 0 Å². The molecule has 0 unspecified atom stereocenters. The van der Waals surface area contributed by atoms with Crippen LogP contribution in [0.2, 0.25) is 5.02 Å². The smallest absolute Gasteiger partial charge is 0.231 e. The number of amides is 1. The van der Waals surface area contributed by atoms with Crippen LogP contribution in [0.15, 0.2) is 29.3 Å². The second kappa shape index (κ2) is 5.90. The number of aromatic nitrogens is 2. The highest BCUT2D eigenvalue weighted by Gasteiger charge is 2.38. The number of carbonyl (C=O) groups is 1. The summed E-state index contributed by atoms with van der Waals surface area (Å²) in [5.41, 5.74) is 7.67. The third kappa shape index (κ3) is 2.96. The maximum Gasteiger partial charge on any atom is 0.231 e. The summed E-state index contributed by atoms with van der Waals surface area (Å²) < 4.78 is 1.68. The summed E-state index contributed by atoms with van der Waals surface area (Å²) in [6.07, 6.45) is 0.197. The normalized spacial score (nSPS) is 20.4. The summed E-state index contributed by atoms with van der Waals surface area (Å²) in [6.45, 7) is 1.85. The van der Waals surface area contributed by atoms with Crippen LogP contribution >= 0.6 is 11.6 Å². The Hall–Kier alpha value is -2.85. The first-order valence-corrected chi connectivity index (χ1v) is 7.99. The highest BCUT2D eigenvalue weighted by atomic mass is 35.5. The molecule has 1 atom stereocenters. The van der Waals surface area contributed by atoms with E-state index in [0.717, 1.165) is 11.3 Å². The van der Waals surface area contributed by atoms with Crippen LogP contribution < -0.4 is 5.73 Å². The van der Waals surface area contributed by atoms with Crippen molar-refractivity contribution in [1.29, 1.82) is 5.26 Å². The minimum atomic E-state index is -0.801. The first kappa shape index (κ1) is 17.0. The SMILES string of the molecule is CN1C(=O)C[C@@](C)(c2cc(-c3cc(Cl)cc(C#N)c3)nn2C)N=C1N. The molecule has 2 heterocycles. The molecule has 0 bridgehead atoms. The van der Waals surface area contributed by atoms with Crippen molar-refractivity contribution in [3.63, 3.8) is 0 Å². The van der Waals surface area contributed by atoms with Gasteiger partial charge in [-0.15, -0.1) is 0 Å². The van der Waals surface area contributed by atoms with E-state index in [0.29, 0.717) is 16.3 Å². The fraction of sp³-hybridized carbons (Fsp3) is 0.294. The molecule has 0 radical (unpaired) electrons. The second-order valence-corrected chi connectivity index (χ2v) is 6.69. The number of aliphatic imine (C=N–C) groups is 1. The molecule has 25 heavy (non-hydrogen) atoms. The van der Waals surface area contributed by atoms with Gasteiger partial charge in [-0.05, 0) is 31.2 Å². The molecular formula is C17H17ClN6O. The van der Waals surface area contributed by atoms with Gasteiger partial charge in [0.1, 0.15) is 5.54 Å². The molecule has 0 saturated heterocycles. The number of carbonyl (C=O) groups excluding carboxylic acids is 1. The van der Waals surface area contributed by atoms with Gasteiger partial charge in [0.15, 0.2) is 5.96 Å². The Morgan fingerprint density at radius 1 is 1.32 bits per heavy atom. The molecule has 8 heteroatoms. The molecule has 0 aliphatic carbocycles. The van der Waals surface area contributed by atoms with E-state index in [-0.39, 0.29) is 18.3 Å². The molecule has 0 spiro atoms. The number of nitrogens with zero attached hydrogens (tertiary/aromatic N) is 5. The fourth-order valence-electron chi connectivity index (χ4n) is 2.97. The highest BCUT2D eigenvalue weighted by Crippen LogP contribution is 2.35. The highest BCUT2D eigenvalue weighted by molar-refractivity contribution is 6.31. The Morgan fingerprint density at radius 3 is 2.68 bits per heavy atom. The average molecular weight is 357 g/mol. The van der Waals surface area contributed by atoms with E-state index in [1.54, 1.807) is 37.0 Å². The zero-order chi connectivity index (χ0) is 18.4. The molecule has 128 valence electrons. The van der Waals surface area contributed by atoms with Crippen LogP contribution in [-0.2, 0) is 17.4 Å². The number of aryl methyl sites for hydroxylation is 1. The predicted octanol–water partition coefficient (Wildman–Crippen LogP) is 2.00. The van der Waals surface area contributed by atoms with E-state index in [4.69, 9.17) is 22.6 Å². The first-order chi connectivity index (χ1) is 11.7. The zero-order valence-electron chi connectivity index (χ0n) is 14.1. The maximum atomic E-state index is 12.2. The van der Waals surface area contributed by atoms with Crippen LogP contribution in [0.3, 0.4) is 0 Å². The van der Waals surface area contributed by atoms with Crippen LogP contribution in [0.4, 0.5) is 0 Å². The molecule has 2 N–H and O–H groups in total. The Kier molecular flexibility index (Phi) is 4.01. The number of halogens is 1. The monoisotopic (exact) mass is 356 g/mol. The third-order valence-corrected chi connectivity index (χ3v) is 4.55. The van der Waals surface area contributed by atoms with Gasteiger partial charge < -0.3 is 5.73 Å². The minimum absolute atomic E-state index is 0.104. The Labute approximate surface area is 150 Å². The summed E-state index contributed by atoms with van der Waals surface area (Å²) in [5.74, 6) is 0.0725. The number of nitriles is 1. The lowest BCUT2D eigenvalue weighted by atomic mass is 9.91. The van der Waals surface area contributed by atoms with Crippen molar-refractivity contribution >= 4 is 23.5 Å². The molecule has 1 aliphatic rings. The standard InChI is InChI=1S/C17H17ClN6O/c1-17(8-15(25)23(2)16(20)21-17)14-7-13(22-24(14)3)11-4-10(9-19)5-12(18)6-11/h4-7H,8H2,1-3H3,(H2,20,21)/t17-/m0/s1. The van der Waals surface area contributed by atoms with E-state index in [1.165, 1.54) is 4.90 Å². The van der Waals surface area contributed by atoms with Gasteiger partial charge in [-0.2, -0.15) is 10.4 Å². The predicted molar refractivity (Wildman–Crippen MR) is 94.7 cm³/mol. The lowest BCUT2D eigenvalue weighted by molar-refractivity contribution is -0.128. The van der Waals surface area contributed by atoms with Crippen molar-refractivity contribution in [3.05, 3.63) is 40.5 Å². The Morgan fingerprint density at radius 2 is 2.04 bits per heavy atom. The molecule has 0 fully saturated rings. The molecular weight excluding hydrogens is 340 g/mol. The van der Waals surface area contributed by atoms with E-state index >= 15 is 0 Å². The van der Waals surface area contributed by atoms with Crippen molar-refractivity contribution in [2.75, 3.05) is 7.05 Å². The van der Waals surface area contributed by atoms with E-state index in [2.05, 4.69) is 16.2 Å². The topological polar surface area (TPSA) is 100 Å². The van der Waals surface area contributed by atoms with Crippen molar-refractivity contribution in [2.24, 2.45) is 17.8 Å². The largest absolute Gasteiger partial charge is 0.369 e. The van der Waals surface area contributed by atoms with Gasteiger partial charge in [-0.3, -0.25) is 14.4 Å². The Bertz CT molecular complexity index is 941. The number of guanidine groups is 1. The van der Waals surface area contributed by atoms with E-state index < -0.39 is 5.54 Å².